The van der Waals surface area contributed by atoms with Gasteiger partial charge in [-0.2, -0.15) is 0 Å². The molecule has 0 N–H and O–H groups in total. The highest BCUT2D eigenvalue weighted by Gasteiger charge is 2.07. The summed E-state index contributed by atoms with van der Waals surface area (Å²) in [6.07, 6.45) is 0.837. The summed E-state index contributed by atoms with van der Waals surface area (Å²) >= 11 is 0. The highest BCUT2D eigenvalue weighted by Crippen LogP contribution is 2.17. The average molecular weight is 175 g/mol. The van der Waals surface area contributed by atoms with Gasteiger partial charge in [0.2, 0.25) is 0 Å². The maximum atomic E-state index is 10.6. The number of carbonyl (C=O) groups is 1. The Kier molecular flexibility index (Phi) is 1.62. The van der Waals surface area contributed by atoms with Gasteiger partial charge in [0.05, 0.1) is 5.52 Å². The van der Waals surface area contributed by atoms with Crippen molar-refractivity contribution in [2.45, 2.75) is 6.92 Å². The molecule has 0 saturated carbocycles. The summed E-state index contributed by atoms with van der Waals surface area (Å²) in [5.41, 5.74) is 3.31. The van der Waals surface area contributed by atoms with Crippen LogP contribution in [0.2, 0.25) is 0 Å². The second kappa shape index (κ2) is 2.65. The van der Waals surface area contributed by atoms with Crippen LogP contribution < -0.4 is 0 Å². The van der Waals surface area contributed by atoms with E-state index in [1.807, 2.05) is 20.0 Å². The molecule has 1 aromatic carbocycles. The largest absolute Gasteiger partial charge is 0.298 e. The quantitative estimate of drug-likeness (QED) is 0.609. The Hall–Kier alpha value is -1.71. The SMILES string of the molecule is Cc1c(C=O)ccc2c1nnn2C. The minimum atomic E-state index is 0.674. The molecule has 0 aliphatic carbocycles. The van der Waals surface area contributed by atoms with Crippen LogP contribution in [0.3, 0.4) is 0 Å². The number of aldehydes is 1. The predicted molar refractivity (Wildman–Crippen MR) is 48.6 cm³/mol. The van der Waals surface area contributed by atoms with E-state index < -0.39 is 0 Å². The molecule has 4 heteroatoms. The molecule has 0 bridgehead atoms. The number of benzene rings is 1. The lowest BCUT2D eigenvalue weighted by Gasteiger charge is -1.98. The van der Waals surface area contributed by atoms with Crippen molar-refractivity contribution >= 4 is 17.3 Å². The van der Waals surface area contributed by atoms with Crippen LogP contribution in [0.4, 0.5) is 0 Å². The van der Waals surface area contributed by atoms with Crippen LogP contribution in [0.25, 0.3) is 11.0 Å². The Bertz CT molecular complexity index is 473. The Morgan fingerprint density at radius 1 is 1.46 bits per heavy atom. The number of aryl methyl sites for hydroxylation is 2. The molecule has 0 spiro atoms. The highest BCUT2D eigenvalue weighted by atomic mass is 16.1. The van der Waals surface area contributed by atoms with Gasteiger partial charge in [-0.1, -0.05) is 5.21 Å². The van der Waals surface area contributed by atoms with Crippen molar-refractivity contribution in [2.24, 2.45) is 7.05 Å². The van der Waals surface area contributed by atoms with Crippen LogP contribution in [-0.2, 0) is 7.05 Å². The minimum Gasteiger partial charge on any atom is -0.298 e. The molecule has 0 atom stereocenters. The molecule has 1 heterocycles. The Morgan fingerprint density at radius 3 is 2.92 bits per heavy atom. The van der Waals surface area contributed by atoms with E-state index in [1.54, 1.807) is 10.7 Å². The van der Waals surface area contributed by atoms with E-state index >= 15 is 0 Å². The van der Waals surface area contributed by atoms with Crippen molar-refractivity contribution in [2.75, 3.05) is 0 Å². The van der Waals surface area contributed by atoms with Gasteiger partial charge in [-0.05, 0) is 24.6 Å². The first kappa shape index (κ1) is 7.91. The lowest BCUT2D eigenvalue weighted by Crippen LogP contribution is -1.90. The number of aromatic nitrogens is 3. The molecule has 0 aliphatic heterocycles. The summed E-state index contributed by atoms with van der Waals surface area (Å²) in [4.78, 5) is 10.6. The van der Waals surface area contributed by atoms with Gasteiger partial charge in [-0.25, -0.2) is 4.68 Å². The maximum absolute atomic E-state index is 10.6. The van der Waals surface area contributed by atoms with Crippen molar-refractivity contribution in [1.29, 1.82) is 0 Å². The zero-order valence-corrected chi connectivity index (χ0v) is 7.48. The molecule has 0 radical (unpaired) electrons. The summed E-state index contributed by atoms with van der Waals surface area (Å²) in [5, 5.41) is 7.86. The molecule has 1 aromatic heterocycles. The summed E-state index contributed by atoms with van der Waals surface area (Å²) in [6, 6.07) is 3.64. The monoisotopic (exact) mass is 175 g/mol. The first-order chi connectivity index (χ1) is 6.24. The Balaban J connectivity index is 2.87. The molecule has 4 nitrogen and oxygen atoms in total. The first-order valence-corrected chi connectivity index (χ1v) is 3.98. The van der Waals surface area contributed by atoms with E-state index in [9.17, 15) is 4.79 Å². The van der Waals surface area contributed by atoms with Crippen LogP contribution >= 0.6 is 0 Å². The molecular weight excluding hydrogens is 166 g/mol. The molecule has 0 aliphatic rings. The van der Waals surface area contributed by atoms with E-state index in [-0.39, 0.29) is 0 Å². The van der Waals surface area contributed by atoms with E-state index in [4.69, 9.17) is 0 Å². The van der Waals surface area contributed by atoms with Gasteiger partial charge in [0.1, 0.15) is 11.8 Å². The van der Waals surface area contributed by atoms with Gasteiger partial charge >= 0.3 is 0 Å². The van der Waals surface area contributed by atoms with Gasteiger partial charge in [0.15, 0.2) is 0 Å². The van der Waals surface area contributed by atoms with Crippen molar-refractivity contribution in [3.8, 4) is 0 Å². The molecule has 66 valence electrons. The lowest BCUT2D eigenvalue weighted by atomic mass is 10.1. The minimum absolute atomic E-state index is 0.674. The molecule has 2 rings (SSSR count). The van der Waals surface area contributed by atoms with E-state index in [0.717, 1.165) is 22.9 Å². The number of nitrogens with zero attached hydrogens (tertiary/aromatic N) is 3. The molecular formula is C9H9N3O. The summed E-state index contributed by atoms with van der Waals surface area (Å²) < 4.78 is 1.69. The summed E-state index contributed by atoms with van der Waals surface area (Å²) in [6.45, 7) is 1.88. The van der Waals surface area contributed by atoms with Crippen molar-refractivity contribution in [3.05, 3.63) is 23.3 Å². The van der Waals surface area contributed by atoms with Gasteiger partial charge in [0, 0.05) is 12.6 Å². The van der Waals surface area contributed by atoms with Gasteiger partial charge in [0.25, 0.3) is 0 Å². The summed E-state index contributed by atoms with van der Waals surface area (Å²) in [7, 11) is 1.83. The average Bonchev–Trinajstić information content (AvgIpc) is 2.50. The second-order valence-electron chi connectivity index (χ2n) is 2.98. The Morgan fingerprint density at radius 2 is 2.23 bits per heavy atom. The Labute approximate surface area is 75.2 Å². The van der Waals surface area contributed by atoms with E-state index in [2.05, 4.69) is 10.3 Å². The van der Waals surface area contributed by atoms with Crippen molar-refractivity contribution in [3.63, 3.8) is 0 Å². The first-order valence-electron chi connectivity index (χ1n) is 3.98. The molecule has 13 heavy (non-hydrogen) atoms. The van der Waals surface area contributed by atoms with E-state index in [1.165, 1.54) is 0 Å². The molecule has 2 aromatic rings. The number of carbonyl (C=O) groups excluding carboxylic acids is 1. The standard InChI is InChI=1S/C9H9N3O/c1-6-7(5-13)3-4-8-9(6)10-11-12(8)2/h3-5H,1-2H3. The van der Waals surface area contributed by atoms with Gasteiger partial charge < -0.3 is 0 Å². The molecule has 0 fully saturated rings. The topological polar surface area (TPSA) is 47.8 Å². The fraction of sp³-hybridized carbons (Fsp3) is 0.222. The van der Waals surface area contributed by atoms with Crippen LogP contribution in [-0.4, -0.2) is 21.3 Å². The number of hydrogen-bond acceptors (Lipinski definition) is 3. The van der Waals surface area contributed by atoms with Gasteiger partial charge in [-0.3, -0.25) is 4.79 Å². The molecule has 0 amide bonds. The van der Waals surface area contributed by atoms with Crippen LogP contribution in [0.5, 0.6) is 0 Å². The van der Waals surface area contributed by atoms with Crippen LogP contribution in [0.1, 0.15) is 15.9 Å². The van der Waals surface area contributed by atoms with Gasteiger partial charge in [-0.15, -0.1) is 5.10 Å². The number of hydrogen-bond donors (Lipinski definition) is 0. The zero-order valence-electron chi connectivity index (χ0n) is 7.48. The zero-order chi connectivity index (χ0) is 9.42. The molecule has 0 saturated heterocycles. The third-order valence-corrected chi connectivity index (χ3v) is 2.21. The molecule has 0 unspecified atom stereocenters. The number of rotatable bonds is 1. The second-order valence-corrected chi connectivity index (χ2v) is 2.98. The predicted octanol–water partition coefficient (Wildman–Crippen LogP) is 1.09. The van der Waals surface area contributed by atoms with Crippen molar-refractivity contribution < 1.29 is 4.79 Å². The third kappa shape index (κ3) is 1.02. The lowest BCUT2D eigenvalue weighted by molar-refractivity contribution is 0.112. The fourth-order valence-corrected chi connectivity index (χ4v) is 1.38. The maximum Gasteiger partial charge on any atom is 0.150 e. The smallest absolute Gasteiger partial charge is 0.150 e. The van der Waals surface area contributed by atoms with Crippen LogP contribution in [0, 0.1) is 6.92 Å². The highest BCUT2D eigenvalue weighted by molar-refractivity contribution is 5.88. The summed E-state index contributed by atoms with van der Waals surface area (Å²) in [5.74, 6) is 0. The normalized spacial score (nSPS) is 10.6. The van der Waals surface area contributed by atoms with E-state index in [0.29, 0.717) is 5.56 Å². The van der Waals surface area contributed by atoms with Crippen LogP contribution in [0.15, 0.2) is 12.1 Å². The van der Waals surface area contributed by atoms with Crippen molar-refractivity contribution in [1.82, 2.24) is 15.0 Å². The fourth-order valence-electron chi connectivity index (χ4n) is 1.38. The third-order valence-electron chi connectivity index (χ3n) is 2.21. The number of fused-ring (bicyclic) bond motifs is 1.